The van der Waals surface area contributed by atoms with Gasteiger partial charge in [-0.25, -0.2) is 4.98 Å². The average molecular weight is 412 g/mol. The number of Topliss-reactive ketones (excluding diaryl/α,β-unsaturated/α-hetero) is 1. The fourth-order valence-corrected chi connectivity index (χ4v) is 4.63. The van der Waals surface area contributed by atoms with Gasteiger partial charge in [-0.15, -0.1) is 22.7 Å². The minimum absolute atomic E-state index is 0.0521. The third kappa shape index (κ3) is 3.10. The van der Waals surface area contributed by atoms with E-state index in [4.69, 9.17) is 4.74 Å². The summed E-state index contributed by atoms with van der Waals surface area (Å²) in [5.74, 6) is -1.07. The molecule has 28 heavy (non-hydrogen) atoms. The van der Waals surface area contributed by atoms with Crippen LogP contribution in [-0.4, -0.2) is 28.4 Å². The number of thiazole rings is 1. The molecule has 1 aromatic carbocycles. The van der Waals surface area contributed by atoms with E-state index in [1.165, 1.54) is 27.6 Å². The maximum Gasteiger partial charge on any atom is 0.301 e. The van der Waals surface area contributed by atoms with E-state index >= 15 is 0 Å². The molecular weight excluding hydrogens is 396 g/mol. The van der Waals surface area contributed by atoms with Crippen molar-refractivity contribution in [1.82, 2.24) is 4.98 Å². The zero-order valence-electron chi connectivity index (χ0n) is 14.9. The van der Waals surface area contributed by atoms with Crippen molar-refractivity contribution in [1.29, 1.82) is 0 Å². The van der Waals surface area contributed by atoms with Gasteiger partial charge in [0.2, 0.25) is 0 Å². The van der Waals surface area contributed by atoms with E-state index in [0.717, 1.165) is 4.88 Å². The van der Waals surface area contributed by atoms with E-state index in [1.807, 2.05) is 24.4 Å². The van der Waals surface area contributed by atoms with Crippen LogP contribution in [0.5, 0.6) is 5.75 Å². The van der Waals surface area contributed by atoms with Crippen LogP contribution in [0.15, 0.2) is 58.9 Å². The lowest BCUT2D eigenvalue weighted by Crippen LogP contribution is -2.28. The van der Waals surface area contributed by atoms with Crippen LogP contribution < -0.4 is 9.64 Å². The summed E-state index contributed by atoms with van der Waals surface area (Å²) < 4.78 is 5.48. The molecular formula is C20H16N2O4S2. The Morgan fingerprint density at radius 1 is 1.21 bits per heavy atom. The molecule has 3 aromatic rings. The molecule has 1 unspecified atom stereocenters. The molecule has 1 atom stereocenters. The van der Waals surface area contributed by atoms with Crippen molar-refractivity contribution in [3.63, 3.8) is 0 Å². The highest BCUT2D eigenvalue weighted by Gasteiger charge is 2.48. The molecule has 4 rings (SSSR count). The summed E-state index contributed by atoms with van der Waals surface area (Å²) in [6, 6.07) is 9.80. The number of ketones is 1. The summed E-state index contributed by atoms with van der Waals surface area (Å²) in [5.41, 5.74) is 0.473. The summed E-state index contributed by atoms with van der Waals surface area (Å²) >= 11 is 2.68. The Morgan fingerprint density at radius 2 is 2.07 bits per heavy atom. The van der Waals surface area contributed by atoms with Crippen LogP contribution in [0.2, 0.25) is 0 Å². The highest BCUT2D eigenvalue weighted by Crippen LogP contribution is 2.44. The number of anilines is 1. The normalized spacial score (nSPS) is 18.6. The molecule has 1 fully saturated rings. The molecule has 1 amide bonds. The van der Waals surface area contributed by atoms with Crippen LogP contribution in [0, 0.1) is 0 Å². The molecule has 1 aliphatic rings. The van der Waals surface area contributed by atoms with E-state index < -0.39 is 17.7 Å². The Morgan fingerprint density at radius 3 is 2.75 bits per heavy atom. The van der Waals surface area contributed by atoms with E-state index in [2.05, 4.69) is 4.98 Å². The first kappa shape index (κ1) is 18.4. The zero-order chi connectivity index (χ0) is 19.7. The van der Waals surface area contributed by atoms with Crippen molar-refractivity contribution in [3.05, 3.63) is 69.4 Å². The summed E-state index contributed by atoms with van der Waals surface area (Å²) in [6.07, 6.45) is 1.58. The third-order valence-corrected chi connectivity index (χ3v) is 6.00. The average Bonchev–Trinajstić information content (AvgIpc) is 3.44. The number of thiophene rings is 1. The molecule has 3 heterocycles. The van der Waals surface area contributed by atoms with Crippen molar-refractivity contribution in [2.24, 2.45) is 0 Å². The first-order valence-electron chi connectivity index (χ1n) is 8.59. The molecule has 2 aromatic heterocycles. The van der Waals surface area contributed by atoms with Gasteiger partial charge in [-0.2, -0.15) is 0 Å². The van der Waals surface area contributed by atoms with Gasteiger partial charge < -0.3 is 9.84 Å². The van der Waals surface area contributed by atoms with Crippen molar-refractivity contribution in [2.45, 2.75) is 13.0 Å². The van der Waals surface area contributed by atoms with Crippen molar-refractivity contribution in [2.75, 3.05) is 11.5 Å². The van der Waals surface area contributed by atoms with Crippen LogP contribution in [0.25, 0.3) is 5.76 Å². The topological polar surface area (TPSA) is 79.7 Å². The molecule has 0 saturated carbocycles. The van der Waals surface area contributed by atoms with Crippen molar-refractivity contribution in [3.8, 4) is 5.75 Å². The van der Waals surface area contributed by atoms with E-state index in [0.29, 0.717) is 23.1 Å². The van der Waals surface area contributed by atoms with Gasteiger partial charge in [-0.1, -0.05) is 18.2 Å². The van der Waals surface area contributed by atoms with Gasteiger partial charge in [0.1, 0.15) is 17.6 Å². The van der Waals surface area contributed by atoms with Gasteiger partial charge in [0, 0.05) is 22.0 Å². The number of aliphatic hydroxyl groups excluding tert-OH is 1. The van der Waals surface area contributed by atoms with Crippen LogP contribution in [0.4, 0.5) is 5.13 Å². The lowest BCUT2D eigenvalue weighted by atomic mass is 10.00. The maximum absolute atomic E-state index is 12.9. The predicted octanol–water partition coefficient (Wildman–Crippen LogP) is 4.23. The van der Waals surface area contributed by atoms with Gasteiger partial charge in [-0.05, 0) is 30.5 Å². The molecule has 6 nitrogen and oxygen atoms in total. The van der Waals surface area contributed by atoms with Gasteiger partial charge in [-0.3, -0.25) is 14.5 Å². The monoisotopic (exact) mass is 412 g/mol. The van der Waals surface area contributed by atoms with Gasteiger partial charge in [0.25, 0.3) is 5.78 Å². The number of rotatable bonds is 5. The van der Waals surface area contributed by atoms with Gasteiger partial charge in [0.15, 0.2) is 5.13 Å². The van der Waals surface area contributed by atoms with E-state index in [1.54, 1.807) is 35.8 Å². The second-order valence-electron chi connectivity index (χ2n) is 5.96. The fraction of sp³-hybridized carbons (Fsp3) is 0.150. The Bertz CT molecular complexity index is 1040. The standard InChI is InChI=1S/C20H16N2O4S2/c1-2-26-13-6-3-5-12(11-13)17(23)15-16(14-7-4-9-27-14)22(19(25)18(15)24)20-21-8-10-28-20/h3-11,16,23H,2H2,1H3/b17-15+. The quantitative estimate of drug-likeness (QED) is 0.385. The molecule has 0 bridgehead atoms. The molecule has 8 heteroatoms. The maximum atomic E-state index is 12.9. The number of carbonyl (C=O) groups is 2. The molecule has 142 valence electrons. The number of amides is 1. The number of aliphatic hydroxyl groups is 1. The summed E-state index contributed by atoms with van der Waals surface area (Å²) in [6.45, 7) is 2.34. The summed E-state index contributed by atoms with van der Waals surface area (Å²) in [7, 11) is 0. The Balaban J connectivity index is 1.88. The number of carbonyl (C=O) groups excluding carboxylic acids is 2. The minimum atomic E-state index is -0.729. The van der Waals surface area contributed by atoms with Crippen LogP contribution >= 0.6 is 22.7 Å². The smallest absolute Gasteiger partial charge is 0.301 e. The highest BCUT2D eigenvalue weighted by atomic mass is 32.1. The number of hydrogen-bond acceptors (Lipinski definition) is 7. The Labute approximate surface area is 169 Å². The molecule has 0 spiro atoms. The lowest BCUT2D eigenvalue weighted by molar-refractivity contribution is -0.132. The SMILES string of the molecule is CCOc1cccc(/C(O)=C2\C(=O)C(=O)N(c3nccs3)C2c2cccs2)c1. The number of ether oxygens (including phenoxy) is 1. The van der Waals surface area contributed by atoms with Crippen LogP contribution in [-0.2, 0) is 9.59 Å². The van der Waals surface area contributed by atoms with Gasteiger partial charge >= 0.3 is 5.91 Å². The molecule has 0 aliphatic carbocycles. The number of nitrogens with zero attached hydrogens (tertiary/aromatic N) is 2. The highest BCUT2D eigenvalue weighted by molar-refractivity contribution is 7.14. The predicted molar refractivity (Wildman–Crippen MR) is 109 cm³/mol. The van der Waals surface area contributed by atoms with Crippen LogP contribution in [0.1, 0.15) is 23.4 Å². The van der Waals surface area contributed by atoms with Gasteiger partial charge in [0.05, 0.1) is 12.2 Å². The molecule has 1 saturated heterocycles. The molecule has 1 N–H and O–H groups in total. The van der Waals surface area contributed by atoms with Crippen molar-refractivity contribution >= 4 is 45.3 Å². The first-order chi connectivity index (χ1) is 13.6. The molecule has 0 radical (unpaired) electrons. The molecule has 1 aliphatic heterocycles. The number of benzene rings is 1. The summed E-state index contributed by atoms with van der Waals surface area (Å²) in [5, 5.41) is 15.0. The van der Waals surface area contributed by atoms with E-state index in [9.17, 15) is 14.7 Å². The fourth-order valence-electron chi connectivity index (χ4n) is 3.14. The Kier molecular flexibility index (Phi) is 4.97. The second-order valence-corrected chi connectivity index (χ2v) is 7.81. The first-order valence-corrected chi connectivity index (χ1v) is 10.3. The zero-order valence-corrected chi connectivity index (χ0v) is 16.5. The van der Waals surface area contributed by atoms with Crippen molar-refractivity contribution < 1.29 is 19.4 Å². The second kappa shape index (κ2) is 7.57. The Hall–Kier alpha value is -2.97. The number of aromatic nitrogens is 1. The van der Waals surface area contributed by atoms with E-state index in [-0.39, 0.29) is 11.3 Å². The number of hydrogen-bond donors (Lipinski definition) is 1. The van der Waals surface area contributed by atoms with Crippen LogP contribution in [0.3, 0.4) is 0 Å². The minimum Gasteiger partial charge on any atom is -0.507 e. The third-order valence-electron chi connectivity index (χ3n) is 4.30. The lowest BCUT2D eigenvalue weighted by Gasteiger charge is -2.21. The summed E-state index contributed by atoms with van der Waals surface area (Å²) in [4.78, 5) is 32.0. The largest absolute Gasteiger partial charge is 0.507 e.